The van der Waals surface area contributed by atoms with Crippen LogP contribution in [-0.4, -0.2) is 28.6 Å². The van der Waals surface area contributed by atoms with E-state index >= 15 is 0 Å². The van der Waals surface area contributed by atoms with Crippen molar-refractivity contribution in [3.8, 4) is 0 Å². The van der Waals surface area contributed by atoms with Gasteiger partial charge in [-0.15, -0.1) is 0 Å². The van der Waals surface area contributed by atoms with E-state index in [0.29, 0.717) is 0 Å². The Morgan fingerprint density at radius 2 is 1.55 bits per heavy atom. The fourth-order valence-corrected chi connectivity index (χ4v) is 0. The quantitative estimate of drug-likeness (QED) is 0.592. The summed E-state index contributed by atoms with van der Waals surface area (Å²) >= 11 is 0. The number of carboxylic acid groups (broad SMARTS) is 2. The normalized spacial score (nSPS) is 7.91. The van der Waals surface area contributed by atoms with E-state index in [1.807, 2.05) is 0 Å². The lowest BCUT2D eigenvalue weighted by Crippen LogP contribution is -2.06. The summed E-state index contributed by atoms with van der Waals surface area (Å²) in [5.74, 6) is -3.06. The lowest BCUT2D eigenvalue weighted by atomic mass is 10.7. The van der Waals surface area contributed by atoms with Crippen LogP contribution >= 0.6 is 0 Å². The maximum Gasteiger partial charge on any atom is 0.371 e. The zero-order valence-electron chi connectivity index (χ0n) is 5.33. The first-order chi connectivity index (χ1) is 4.91. The van der Waals surface area contributed by atoms with Gasteiger partial charge in [0.1, 0.15) is 0 Å². The first kappa shape index (κ1) is 12.2. The van der Waals surface area contributed by atoms with Crippen LogP contribution < -0.4 is 0 Å². The third-order valence-corrected chi connectivity index (χ3v) is 0.361. The van der Waals surface area contributed by atoms with Crippen molar-refractivity contribution in [2.45, 2.75) is 6.43 Å². The van der Waals surface area contributed by atoms with Gasteiger partial charge in [-0.3, -0.25) is 0 Å². The lowest BCUT2D eigenvalue weighted by Gasteiger charge is -1.81. The molecule has 0 amide bonds. The molecule has 0 aliphatic carbocycles. The Hall–Kier alpha value is -1.46. The summed E-state index contributed by atoms with van der Waals surface area (Å²) in [7, 11) is 0. The average Bonchev–Trinajstić information content (AvgIpc) is 1.89. The molecule has 0 rings (SSSR count). The van der Waals surface area contributed by atoms with E-state index in [0.717, 1.165) is 6.08 Å². The summed E-state index contributed by atoms with van der Waals surface area (Å²) in [5, 5.41) is 14.8. The summed E-state index contributed by atoms with van der Waals surface area (Å²) < 4.78 is 21.1. The van der Waals surface area contributed by atoms with Gasteiger partial charge < -0.3 is 10.2 Å². The minimum absolute atomic E-state index is 0.833. The predicted octanol–water partition coefficient (Wildman–Crippen LogP) is 0.593. The van der Waals surface area contributed by atoms with E-state index in [1.165, 1.54) is 0 Å². The van der Waals surface area contributed by atoms with Gasteiger partial charge in [0, 0.05) is 6.08 Å². The van der Waals surface area contributed by atoms with Crippen molar-refractivity contribution in [3.63, 3.8) is 0 Å². The number of aliphatic carboxylic acids is 2. The van der Waals surface area contributed by atoms with E-state index in [9.17, 15) is 13.6 Å². The molecule has 0 aromatic carbocycles. The van der Waals surface area contributed by atoms with Gasteiger partial charge in [-0.2, -0.15) is 8.78 Å². The Morgan fingerprint density at radius 1 is 1.36 bits per heavy atom. The standard InChI is InChI=1S/C3H4O2.C2H2F2O2/c1-2-3(4)5;3-1(4)2(5)6/h2H,1H2,(H,4,5);1H,(H,5,6). The fraction of sp³-hybridized carbons (Fsp3) is 0.200. The Labute approximate surface area is 60.8 Å². The highest BCUT2D eigenvalue weighted by molar-refractivity contribution is 5.78. The number of carbonyl (C=O) groups is 2. The van der Waals surface area contributed by atoms with Crippen molar-refractivity contribution >= 4 is 11.9 Å². The molecular formula is C5H6F2O4. The van der Waals surface area contributed by atoms with Gasteiger partial charge in [-0.1, -0.05) is 6.58 Å². The molecule has 0 aliphatic rings. The summed E-state index contributed by atoms with van der Waals surface area (Å²) in [5.41, 5.74) is 0. The number of hydrogen-bond donors (Lipinski definition) is 2. The van der Waals surface area contributed by atoms with Crippen molar-refractivity contribution < 1.29 is 28.6 Å². The molecule has 0 aromatic rings. The summed E-state index contributed by atoms with van der Waals surface area (Å²) in [6.07, 6.45) is -2.40. The minimum Gasteiger partial charge on any atom is -0.478 e. The molecule has 0 radical (unpaired) electrons. The Bertz CT molecular complexity index is 155. The van der Waals surface area contributed by atoms with E-state index < -0.39 is 18.4 Å². The van der Waals surface area contributed by atoms with Crippen molar-refractivity contribution in [2.24, 2.45) is 0 Å². The molecule has 0 heterocycles. The molecule has 0 fully saturated rings. The van der Waals surface area contributed by atoms with Crippen LogP contribution in [0.1, 0.15) is 0 Å². The van der Waals surface area contributed by atoms with Gasteiger partial charge in [0.2, 0.25) is 0 Å². The van der Waals surface area contributed by atoms with Gasteiger partial charge in [0.25, 0.3) is 0 Å². The largest absolute Gasteiger partial charge is 0.478 e. The van der Waals surface area contributed by atoms with Gasteiger partial charge in [-0.05, 0) is 0 Å². The lowest BCUT2D eigenvalue weighted by molar-refractivity contribution is -0.149. The molecule has 0 spiro atoms. The van der Waals surface area contributed by atoms with Crippen LogP contribution in [0, 0.1) is 0 Å². The van der Waals surface area contributed by atoms with Crippen molar-refractivity contribution in [2.75, 3.05) is 0 Å². The summed E-state index contributed by atoms with van der Waals surface area (Å²) in [6, 6.07) is 0. The van der Waals surface area contributed by atoms with Gasteiger partial charge in [0.05, 0.1) is 0 Å². The highest BCUT2D eigenvalue weighted by atomic mass is 19.3. The van der Waals surface area contributed by atoms with Crippen LogP contribution in [-0.2, 0) is 9.59 Å². The Morgan fingerprint density at radius 3 is 1.55 bits per heavy atom. The topological polar surface area (TPSA) is 74.6 Å². The van der Waals surface area contributed by atoms with E-state index in [-0.39, 0.29) is 0 Å². The third-order valence-electron chi connectivity index (χ3n) is 0.361. The molecule has 0 unspecified atom stereocenters. The van der Waals surface area contributed by atoms with Gasteiger partial charge in [0.15, 0.2) is 0 Å². The molecule has 11 heavy (non-hydrogen) atoms. The van der Waals surface area contributed by atoms with Crippen LogP contribution in [0.3, 0.4) is 0 Å². The Kier molecular flexibility index (Phi) is 7.41. The molecule has 0 saturated carbocycles. The number of halogens is 2. The zero-order chi connectivity index (χ0) is 9.44. The summed E-state index contributed by atoms with van der Waals surface area (Å²) in [4.78, 5) is 18.2. The van der Waals surface area contributed by atoms with Crippen LogP contribution in [0.25, 0.3) is 0 Å². The second kappa shape index (κ2) is 6.66. The maximum atomic E-state index is 10.6. The molecule has 0 bridgehead atoms. The van der Waals surface area contributed by atoms with Crippen LogP contribution in [0.4, 0.5) is 8.78 Å². The minimum atomic E-state index is -3.23. The second-order valence-corrected chi connectivity index (χ2v) is 1.18. The molecular weight excluding hydrogens is 162 g/mol. The molecule has 0 saturated heterocycles. The van der Waals surface area contributed by atoms with E-state index in [1.54, 1.807) is 0 Å². The van der Waals surface area contributed by atoms with Gasteiger partial charge in [-0.25, -0.2) is 9.59 Å². The average molecular weight is 168 g/mol. The van der Waals surface area contributed by atoms with Crippen LogP contribution in [0.2, 0.25) is 0 Å². The van der Waals surface area contributed by atoms with Crippen molar-refractivity contribution in [3.05, 3.63) is 12.7 Å². The smallest absolute Gasteiger partial charge is 0.371 e. The van der Waals surface area contributed by atoms with E-state index in [4.69, 9.17) is 15.0 Å². The molecule has 0 aliphatic heterocycles. The molecule has 0 aromatic heterocycles. The van der Waals surface area contributed by atoms with Crippen molar-refractivity contribution in [1.29, 1.82) is 0 Å². The third kappa shape index (κ3) is 17.7. The number of carboxylic acids is 2. The number of hydrogen-bond acceptors (Lipinski definition) is 2. The first-order valence-corrected chi connectivity index (χ1v) is 2.28. The van der Waals surface area contributed by atoms with Crippen molar-refractivity contribution in [1.82, 2.24) is 0 Å². The van der Waals surface area contributed by atoms with E-state index in [2.05, 4.69) is 6.58 Å². The van der Waals surface area contributed by atoms with Crippen LogP contribution in [0.15, 0.2) is 12.7 Å². The molecule has 64 valence electrons. The second-order valence-electron chi connectivity index (χ2n) is 1.18. The molecule has 6 heteroatoms. The highest BCUT2D eigenvalue weighted by Gasteiger charge is 2.10. The fourth-order valence-electron chi connectivity index (χ4n) is 0. The molecule has 0 atom stereocenters. The zero-order valence-corrected chi connectivity index (χ0v) is 5.33. The molecule has 4 nitrogen and oxygen atoms in total. The first-order valence-electron chi connectivity index (χ1n) is 2.28. The summed E-state index contributed by atoms with van der Waals surface area (Å²) in [6.45, 7) is 2.96. The monoisotopic (exact) mass is 168 g/mol. The van der Waals surface area contributed by atoms with Crippen LogP contribution in [0.5, 0.6) is 0 Å². The highest BCUT2D eigenvalue weighted by Crippen LogP contribution is 1.87. The maximum absolute atomic E-state index is 10.6. The Balaban J connectivity index is 0. The number of alkyl halides is 2. The number of rotatable bonds is 2. The molecule has 2 N–H and O–H groups in total. The van der Waals surface area contributed by atoms with Gasteiger partial charge >= 0.3 is 18.4 Å². The SMILES string of the molecule is C=CC(=O)O.O=C(O)C(F)F. The predicted molar refractivity (Wildman–Crippen MR) is 31.5 cm³/mol.